The molecule has 0 bridgehead atoms. The largest absolute Gasteiger partial charge is 0.396 e. The molecule has 0 aromatic carbocycles. The lowest BCUT2D eigenvalue weighted by Crippen LogP contribution is -2.17. The monoisotopic (exact) mass is 1160 g/mol. The maximum Gasteiger partial charge on any atom is 0.113 e. The molecule has 26 N–H and O–H groups in total. The van der Waals surface area contributed by atoms with E-state index in [1.165, 1.54) is 6.92 Å². The van der Waals surface area contributed by atoms with Gasteiger partial charge in [0.1, 0.15) is 12.7 Å². The summed E-state index contributed by atoms with van der Waals surface area (Å²) in [5, 5.41) is 210. The fraction of sp³-hybridized carbons (Fsp3) is 1.00. The summed E-state index contributed by atoms with van der Waals surface area (Å²) < 4.78 is 0. The third-order valence-electron chi connectivity index (χ3n) is 7.28. The Hall–Kier alpha value is -1.12. The van der Waals surface area contributed by atoms with Gasteiger partial charge in [0.05, 0.1) is 69.7 Å². The van der Waals surface area contributed by atoms with Crippen LogP contribution < -0.4 is 0 Å². The smallest absolute Gasteiger partial charge is 0.113 e. The Morgan fingerprint density at radius 1 is 0.273 bits per heavy atom. The van der Waals surface area contributed by atoms with Crippen LogP contribution in [0.2, 0.25) is 0 Å². The highest BCUT2D eigenvalue weighted by atomic mass is 17.1. The van der Waals surface area contributed by atoms with Gasteiger partial charge in [0.25, 0.3) is 0 Å². The molecule has 0 aromatic heterocycles. The quantitative estimate of drug-likeness (QED) is 0.0195. The molecule has 77 heavy (non-hydrogen) atoms. The normalized spacial score (nSPS) is 12.5. The number of hydrogen-bond acceptors (Lipinski definition) is 28. The predicted octanol–water partition coefficient (Wildman–Crippen LogP) is -3.71. The summed E-state index contributed by atoms with van der Waals surface area (Å²) in [6.45, 7) is 16.1. The lowest BCUT2D eigenvalue weighted by atomic mass is 10.1. The Balaban J connectivity index is -0.0000000525. The average molecular weight is 1160 g/mol. The Kier molecular flexibility index (Phi) is 165. The summed E-state index contributed by atoms with van der Waals surface area (Å²) in [5.74, 6) is 0.0602. The first-order valence-corrected chi connectivity index (χ1v) is 25.9. The van der Waals surface area contributed by atoms with Crippen molar-refractivity contribution in [3.05, 3.63) is 0 Å². The number of aliphatic hydroxyl groups excluding tert-OH is 24. The highest BCUT2D eigenvalue weighted by molar-refractivity contribution is 4.54. The van der Waals surface area contributed by atoms with Crippen LogP contribution in [0.3, 0.4) is 0 Å². The SMILES string of the molecule is CC(CO)CO.CC(CO)OO.CC(O)C(C)CO.CC(O)C(C)O.CC(O)CCO.CC(O)CCO.CC(O)CO.OCCCCCCO.OCCCCCO.OCCCCO.OCCCO.OCCO.OCCOO. The third-order valence-corrected chi connectivity index (χ3v) is 7.28. The van der Waals surface area contributed by atoms with Crippen LogP contribution in [0.4, 0.5) is 0 Å². The minimum Gasteiger partial charge on any atom is -0.396 e. The van der Waals surface area contributed by atoms with Crippen molar-refractivity contribution in [2.75, 3.05) is 126 Å². The maximum absolute atomic E-state index is 8.66. The molecule has 488 valence electrons. The molecule has 0 aliphatic carbocycles. The Bertz CT molecular complexity index is 710. The molecule has 0 radical (unpaired) electrons. The fourth-order valence-electron chi connectivity index (χ4n) is 1.93. The highest BCUT2D eigenvalue weighted by Crippen LogP contribution is 1.98. The van der Waals surface area contributed by atoms with Gasteiger partial charge < -0.3 is 123 Å². The topological polar surface area (TPSA) is 544 Å². The van der Waals surface area contributed by atoms with E-state index in [1.807, 2.05) is 0 Å². The van der Waals surface area contributed by atoms with Crippen LogP contribution in [-0.4, -0.2) is 301 Å². The first kappa shape index (κ1) is 108. The summed E-state index contributed by atoms with van der Waals surface area (Å²) in [6, 6.07) is 0. The van der Waals surface area contributed by atoms with E-state index in [0.717, 1.165) is 57.8 Å². The van der Waals surface area contributed by atoms with Crippen LogP contribution in [-0.2, 0) is 9.78 Å². The van der Waals surface area contributed by atoms with Crippen LogP contribution in [0.25, 0.3) is 0 Å². The second-order valence-corrected chi connectivity index (χ2v) is 16.0. The standard InChI is InChI=1S/C6H14O2.2C5H12O2.5C4H10O2.C3H8O3.2C3H8O2.C2H6O3.C2H6O2/c7-5-3-1-2-4-6-8;1-4(3-6)5(2)7;6-4-2-1-3-5-7;1-4(2-5)3-6;2*1-4(6)2-3-5;1-3(5)4(2)6;5-3-1-2-4-6;1-3(2-4)6-5;1-3(5)2-4;4-2-1-3-5;3-1-2-5-4;3-1-2-4/h7-8H,1-6H2;4-7H,3H2,1-2H3;6-7H,1-5H2;3*4-6H,2-3H2,1H3;3-6H,1-2H3;5-6H,1-4H2;3-5H,2H2,1H3;3-5H,2H2,1H3;4-5H,1-3H2;3-4H,1-2H2;3-4H,1-2H2. The maximum atomic E-state index is 8.66. The van der Waals surface area contributed by atoms with Crippen molar-refractivity contribution in [3.8, 4) is 0 Å². The zero-order chi connectivity index (χ0) is 63.5. The van der Waals surface area contributed by atoms with Gasteiger partial charge in [-0.15, -0.1) is 0 Å². The molecular weight excluding hydrogens is 1040 g/mol. The highest BCUT2D eigenvalue weighted by Gasteiger charge is 2.04. The van der Waals surface area contributed by atoms with E-state index in [4.69, 9.17) is 133 Å². The Morgan fingerprint density at radius 3 is 0.597 bits per heavy atom. The van der Waals surface area contributed by atoms with E-state index in [-0.39, 0.29) is 156 Å². The van der Waals surface area contributed by atoms with Crippen molar-refractivity contribution in [2.45, 2.75) is 182 Å². The summed E-state index contributed by atoms with van der Waals surface area (Å²) in [7, 11) is 0. The molecule has 0 fully saturated rings. The van der Waals surface area contributed by atoms with Gasteiger partial charge in [-0.3, -0.25) is 10.5 Å². The van der Waals surface area contributed by atoms with Gasteiger partial charge in [-0.25, -0.2) is 9.78 Å². The molecule has 28 nitrogen and oxygen atoms in total. The molecule has 0 spiro atoms. The first-order valence-electron chi connectivity index (χ1n) is 25.9. The molecule has 28 heteroatoms. The Morgan fingerprint density at radius 2 is 0.545 bits per heavy atom. The summed E-state index contributed by atoms with van der Waals surface area (Å²) >= 11 is 0. The second-order valence-electron chi connectivity index (χ2n) is 16.0. The van der Waals surface area contributed by atoms with Gasteiger partial charge >= 0.3 is 0 Å². The zero-order valence-corrected chi connectivity index (χ0v) is 48.6. The van der Waals surface area contributed by atoms with E-state index in [0.29, 0.717) is 19.3 Å². The lowest BCUT2D eigenvalue weighted by Gasteiger charge is -2.08. The van der Waals surface area contributed by atoms with Gasteiger partial charge in [-0.2, -0.15) is 0 Å². The van der Waals surface area contributed by atoms with Gasteiger partial charge in [0.2, 0.25) is 0 Å². The average Bonchev–Trinajstić information content (AvgIpc) is 3.41. The van der Waals surface area contributed by atoms with Crippen LogP contribution in [0.5, 0.6) is 0 Å². The molecule has 0 saturated heterocycles. The molecule has 0 saturated carbocycles. The van der Waals surface area contributed by atoms with Gasteiger partial charge in [-0.05, 0) is 113 Å². The molecule has 8 unspecified atom stereocenters. The Labute approximate surface area is 461 Å². The van der Waals surface area contributed by atoms with Crippen LogP contribution >= 0.6 is 0 Å². The number of unbranched alkanes of at least 4 members (excludes halogenated alkanes) is 6. The van der Waals surface area contributed by atoms with Crippen molar-refractivity contribution < 1.29 is 143 Å². The minimum absolute atomic E-state index is 0. The van der Waals surface area contributed by atoms with E-state index in [9.17, 15) is 0 Å². The molecular formula is C49H124O28. The third kappa shape index (κ3) is 227. The van der Waals surface area contributed by atoms with Crippen molar-refractivity contribution in [3.63, 3.8) is 0 Å². The summed E-state index contributed by atoms with van der Waals surface area (Å²) in [5.41, 5.74) is 0. The van der Waals surface area contributed by atoms with Gasteiger partial charge in [0, 0.05) is 97.7 Å². The van der Waals surface area contributed by atoms with Crippen molar-refractivity contribution in [1.82, 2.24) is 0 Å². The molecule has 8 atom stereocenters. The molecule has 0 aliphatic rings. The lowest BCUT2D eigenvalue weighted by molar-refractivity contribution is -0.279. The predicted molar refractivity (Wildman–Crippen MR) is 293 cm³/mol. The fourth-order valence-corrected chi connectivity index (χ4v) is 1.93. The van der Waals surface area contributed by atoms with Gasteiger partial charge in [0.15, 0.2) is 0 Å². The molecule has 0 aromatic rings. The second kappa shape index (κ2) is 118. The molecule has 0 amide bonds. The number of hydrogen-bond donors (Lipinski definition) is 26. The van der Waals surface area contributed by atoms with Crippen molar-refractivity contribution in [2.24, 2.45) is 11.8 Å². The van der Waals surface area contributed by atoms with Crippen LogP contribution in [0.1, 0.15) is 139 Å². The van der Waals surface area contributed by atoms with E-state index in [2.05, 4.69) is 9.78 Å². The van der Waals surface area contributed by atoms with Crippen molar-refractivity contribution >= 4 is 0 Å². The van der Waals surface area contributed by atoms with Crippen molar-refractivity contribution in [1.29, 1.82) is 0 Å². The summed E-state index contributed by atoms with van der Waals surface area (Å²) in [6.07, 6.45) is 6.03. The minimum atomic E-state index is -0.593. The summed E-state index contributed by atoms with van der Waals surface area (Å²) in [4.78, 5) is 7.09. The van der Waals surface area contributed by atoms with E-state index in [1.54, 1.807) is 55.4 Å². The first-order chi connectivity index (χ1) is 36.2. The van der Waals surface area contributed by atoms with Crippen LogP contribution in [0, 0.1) is 11.8 Å². The van der Waals surface area contributed by atoms with Crippen LogP contribution in [0.15, 0.2) is 0 Å². The molecule has 0 rings (SSSR count). The van der Waals surface area contributed by atoms with Gasteiger partial charge in [-0.1, -0.05) is 26.7 Å². The molecule has 0 aliphatic heterocycles. The molecule has 0 heterocycles. The van der Waals surface area contributed by atoms with E-state index >= 15 is 0 Å². The zero-order valence-electron chi connectivity index (χ0n) is 48.6. The van der Waals surface area contributed by atoms with E-state index < -0.39 is 24.4 Å². The number of aliphatic hydroxyl groups is 24. The number of rotatable bonds is 29.